The molecule has 0 aliphatic rings. The van der Waals surface area contributed by atoms with E-state index in [9.17, 15) is 24.3 Å². The van der Waals surface area contributed by atoms with Crippen molar-refractivity contribution in [3.05, 3.63) is 101 Å². The Labute approximate surface area is 263 Å². The van der Waals surface area contributed by atoms with E-state index in [0.29, 0.717) is 25.3 Å². The highest BCUT2D eigenvalue weighted by molar-refractivity contribution is 5.91. The van der Waals surface area contributed by atoms with Gasteiger partial charge in [-0.05, 0) is 67.6 Å². The number of benzene rings is 3. The van der Waals surface area contributed by atoms with Crippen molar-refractivity contribution in [2.45, 2.75) is 57.8 Å². The molecule has 5 N–H and O–H groups in total. The smallest absolute Gasteiger partial charge is 0.408 e. The lowest BCUT2D eigenvalue weighted by molar-refractivity contribution is -0.137. The quantitative estimate of drug-likeness (QED) is 0.136. The third kappa shape index (κ3) is 12.7. The van der Waals surface area contributed by atoms with Crippen molar-refractivity contribution in [1.82, 2.24) is 21.3 Å². The molecular weight excluding hydrogens is 576 g/mol. The van der Waals surface area contributed by atoms with Crippen LogP contribution in [0, 0.1) is 6.92 Å². The Kier molecular flexibility index (Phi) is 14.4. The summed E-state index contributed by atoms with van der Waals surface area (Å²) in [6, 6.07) is 22.0. The number of amides is 3. The number of carboxylic acid groups (broad SMARTS) is 1. The lowest BCUT2D eigenvalue weighted by atomic mass is 10.0. The fourth-order valence-electron chi connectivity index (χ4n) is 4.45. The van der Waals surface area contributed by atoms with Crippen molar-refractivity contribution in [3.63, 3.8) is 0 Å². The second-order valence-corrected chi connectivity index (χ2v) is 10.5. The van der Waals surface area contributed by atoms with Crippen LogP contribution in [0.5, 0.6) is 5.75 Å². The largest absolute Gasteiger partial charge is 0.492 e. The fraction of sp³-hybridized carbons (Fsp3) is 0.353. The van der Waals surface area contributed by atoms with Crippen LogP contribution in [0.1, 0.15) is 41.5 Å². The molecule has 0 radical (unpaired) electrons. The summed E-state index contributed by atoms with van der Waals surface area (Å²) in [4.78, 5) is 50.8. The Morgan fingerprint density at radius 2 is 1.49 bits per heavy atom. The zero-order chi connectivity index (χ0) is 32.4. The molecular formula is C34H42N4O7. The number of hydrogen-bond donors (Lipinski definition) is 5. The minimum absolute atomic E-state index is 0.0246. The first-order valence-corrected chi connectivity index (χ1v) is 14.9. The average Bonchev–Trinajstić information content (AvgIpc) is 3.04. The summed E-state index contributed by atoms with van der Waals surface area (Å²) in [6.45, 7) is 3.30. The lowest BCUT2D eigenvalue weighted by Crippen LogP contribution is -2.54. The summed E-state index contributed by atoms with van der Waals surface area (Å²) >= 11 is 0. The van der Waals surface area contributed by atoms with Gasteiger partial charge in [0.05, 0.1) is 0 Å². The Bertz CT molecular complexity index is 1390. The number of rotatable bonds is 18. The highest BCUT2D eigenvalue weighted by Crippen LogP contribution is 2.18. The van der Waals surface area contributed by atoms with Crippen molar-refractivity contribution < 1.29 is 33.8 Å². The number of nitrogens with one attached hydrogen (secondary N) is 4. The third-order valence-corrected chi connectivity index (χ3v) is 7.06. The van der Waals surface area contributed by atoms with E-state index in [0.717, 1.165) is 22.3 Å². The molecule has 0 saturated carbocycles. The van der Waals surface area contributed by atoms with Crippen LogP contribution in [0.3, 0.4) is 0 Å². The standard InChI is InChI=1S/C34H42N4O7/c1-24-13-15-28(44-20-19-35-2)21-27(24)22-36-32(41)29(16-14-25-9-5-3-6-10-25)37-33(42)30(17-18-31(39)40)38-34(43)45-23-26-11-7-4-8-12-26/h3-13,15,21,29-30,35H,14,16-20,22-23H2,1-2H3,(H,36,41)(H,37,42)(H,38,43)(H,39,40)/t29-,30-/m0/s1. The van der Waals surface area contributed by atoms with Gasteiger partial charge >= 0.3 is 12.1 Å². The van der Waals surface area contributed by atoms with E-state index >= 15 is 0 Å². The van der Waals surface area contributed by atoms with Crippen LogP contribution >= 0.6 is 0 Å². The Morgan fingerprint density at radius 3 is 2.16 bits per heavy atom. The molecule has 3 aromatic rings. The van der Waals surface area contributed by atoms with Crippen LogP contribution in [-0.2, 0) is 38.7 Å². The summed E-state index contributed by atoms with van der Waals surface area (Å²) in [6.07, 6.45) is -0.656. The summed E-state index contributed by atoms with van der Waals surface area (Å²) in [5.41, 5.74) is 3.56. The number of carboxylic acids is 1. The maximum atomic E-state index is 13.5. The molecule has 3 amide bonds. The van der Waals surface area contributed by atoms with Gasteiger partial charge in [0, 0.05) is 19.5 Å². The highest BCUT2D eigenvalue weighted by atomic mass is 16.5. The maximum absolute atomic E-state index is 13.5. The molecule has 0 unspecified atom stereocenters. The molecule has 2 atom stereocenters. The average molecular weight is 619 g/mol. The van der Waals surface area contributed by atoms with E-state index in [1.165, 1.54) is 0 Å². The van der Waals surface area contributed by atoms with Crippen LogP contribution in [0.2, 0.25) is 0 Å². The predicted octanol–water partition coefficient (Wildman–Crippen LogP) is 3.49. The van der Waals surface area contributed by atoms with Crippen LogP contribution in [0.15, 0.2) is 78.9 Å². The van der Waals surface area contributed by atoms with Crippen molar-refractivity contribution in [2.24, 2.45) is 0 Å². The van der Waals surface area contributed by atoms with Gasteiger partial charge in [0.2, 0.25) is 11.8 Å². The number of ether oxygens (including phenoxy) is 2. The molecule has 0 aromatic heterocycles. The topological polar surface area (TPSA) is 155 Å². The molecule has 0 spiro atoms. The molecule has 240 valence electrons. The van der Waals surface area contributed by atoms with Crippen molar-refractivity contribution >= 4 is 23.9 Å². The molecule has 11 nitrogen and oxygen atoms in total. The number of carbonyl (C=O) groups excluding carboxylic acids is 3. The van der Waals surface area contributed by atoms with E-state index in [4.69, 9.17) is 9.47 Å². The highest BCUT2D eigenvalue weighted by Gasteiger charge is 2.28. The SMILES string of the molecule is CNCCOc1ccc(C)c(CNC(=O)[C@H](CCc2ccccc2)NC(=O)[C@H](CCC(=O)O)NC(=O)OCc2ccccc2)c1. The van der Waals surface area contributed by atoms with Crippen molar-refractivity contribution in [1.29, 1.82) is 0 Å². The monoisotopic (exact) mass is 618 g/mol. The van der Waals surface area contributed by atoms with E-state index in [1.54, 1.807) is 24.3 Å². The normalized spacial score (nSPS) is 12.0. The van der Waals surface area contributed by atoms with Gasteiger partial charge in [-0.2, -0.15) is 0 Å². The Morgan fingerprint density at radius 1 is 0.822 bits per heavy atom. The van der Waals surface area contributed by atoms with Gasteiger partial charge in [-0.1, -0.05) is 66.7 Å². The van der Waals surface area contributed by atoms with Crippen LogP contribution in [0.4, 0.5) is 4.79 Å². The molecule has 3 rings (SSSR count). The Hall–Kier alpha value is -4.90. The van der Waals surface area contributed by atoms with Gasteiger partial charge in [-0.3, -0.25) is 14.4 Å². The van der Waals surface area contributed by atoms with Crippen molar-refractivity contribution in [3.8, 4) is 5.75 Å². The zero-order valence-electron chi connectivity index (χ0n) is 25.7. The van der Waals surface area contributed by atoms with Gasteiger partial charge in [0.15, 0.2) is 0 Å². The lowest BCUT2D eigenvalue weighted by Gasteiger charge is -2.23. The van der Waals surface area contributed by atoms with Gasteiger partial charge in [0.25, 0.3) is 0 Å². The van der Waals surface area contributed by atoms with Gasteiger partial charge in [-0.25, -0.2) is 4.79 Å². The number of likely N-dealkylation sites (N-methyl/N-ethyl adjacent to an activating group) is 1. The molecule has 0 heterocycles. The van der Waals surface area contributed by atoms with Crippen LogP contribution < -0.4 is 26.0 Å². The number of aryl methyl sites for hydroxylation is 2. The van der Waals surface area contributed by atoms with E-state index in [2.05, 4.69) is 21.3 Å². The third-order valence-electron chi connectivity index (χ3n) is 7.06. The number of hydrogen-bond acceptors (Lipinski definition) is 7. The second-order valence-electron chi connectivity index (χ2n) is 10.5. The zero-order valence-corrected chi connectivity index (χ0v) is 25.7. The summed E-state index contributed by atoms with van der Waals surface area (Å²) in [7, 11) is 1.84. The first-order valence-electron chi connectivity index (χ1n) is 14.9. The number of alkyl carbamates (subject to hydrolysis) is 1. The summed E-state index contributed by atoms with van der Waals surface area (Å²) in [5, 5.41) is 20.4. The molecule has 0 fully saturated rings. The van der Waals surface area contributed by atoms with Crippen LogP contribution in [0.25, 0.3) is 0 Å². The van der Waals surface area contributed by atoms with Gasteiger partial charge in [-0.15, -0.1) is 0 Å². The number of aliphatic carboxylic acids is 1. The Balaban J connectivity index is 1.70. The minimum Gasteiger partial charge on any atom is -0.492 e. The summed E-state index contributed by atoms with van der Waals surface area (Å²) in [5.74, 6) is -1.54. The van der Waals surface area contributed by atoms with E-state index in [1.807, 2.05) is 68.6 Å². The van der Waals surface area contributed by atoms with E-state index < -0.39 is 36.0 Å². The number of carbonyl (C=O) groups is 4. The molecule has 0 bridgehead atoms. The second kappa shape index (κ2) is 18.7. The molecule has 0 saturated heterocycles. The maximum Gasteiger partial charge on any atom is 0.408 e. The van der Waals surface area contributed by atoms with Gasteiger partial charge < -0.3 is 35.8 Å². The van der Waals surface area contributed by atoms with Crippen LogP contribution in [-0.4, -0.2) is 61.3 Å². The first-order chi connectivity index (χ1) is 21.7. The molecule has 45 heavy (non-hydrogen) atoms. The van der Waals surface area contributed by atoms with Gasteiger partial charge in [0.1, 0.15) is 31.0 Å². The molecule has 11 heteroatoms. The van der Waals surface area contributed by atoms with E-state index in [-0.39, 0.29) is 32.4 Å². The van der Waals surface area contributed by atoms with Crippen molar-refractivity contribution in [2.75, 3.05) is 20.2 Å². The molecule has 3 aromatic carbocycles. The predicted molar refractivity (Wildman–Crippen MR) is 170 cm³/mol. The fourth-order valence-corrected chi connectivity index (χ4v) is 4.45. The minimum atomic E-state index is -1.23. The summed E-state index contributed by atoms with van der Waals surface area (Å²) < 4.78 is 11.0. The first kappa shape index (κ1) is 34.6. The molecule has 0 aliphatic heterocycles. The molecule has 0 aliphatic carbocycles.